The van der Waals surface area contributed by atoms with Gasteiger partial charge in [-0.2, -0.15) is 0 Å². The number of aromatic amines is 1. The topological polar surface area (TPSA) is 152 Å². The lowest BCUT2D eigenvalue weighted by atomic mass is 10.1. The molecule has 0 spiro atoms. The highest BCUT2D eigenvalue weighted by Crippen LogP contribution is 2.30. The van der Waals surface area contributed by atoms with E-state index in [9.17, 15) is 20.1 Å². The highest BCUT2D eigenvalue weighted by Gasteiger charge is 2.44. The molecular weight excluding hydrogens is 324 g/mol. The summed E-state index contributed by atoms with van der Waals surface area (Å²) in [5.74, 6) is 0.248. The molecule has 1 fully saturated rings. The Morgan fingerprint density at radius 1 is 1.42 bits per heavy atom. The van der Waals surface area contributed by atoms with Gasteiger partial charge >= 0.3 is 0 Å². The summed E-state index contributed by atoms with van der Waals surface area (Å²) in [6, 6.07) is 0. The van der Waals surface area contributed by atoms with E-state index in [4.69, 9.17) is 14.2 Å². The second kappa shape index (κ2) is 6.93. The molecule has 2 aromatic heterocycles. The summed E-state index contributed by atoms with van der Waals surface area (Å²) in [5, 5.41) is 29.1. The van der Waals surface area contributed by atoms with Crippen LogP contribution in [0.5, 0.6) is 0 Å². The maximum Gasteiger partial charge on any atom is 0.279 e. The minimum Gasteiger partial charge on any atom is -0.394 e. The minimum atomic E-state index is -1.30. The van der Waals surface area contributed by atoms with E-state index in [0.29, 0.717) is 0 Å². The Morgan fingerprint density at radius 3 is 2.88 bits per heavy atom. The Kier molecular flexibility index (Phi) is 4.89. The fraction of sp³-hybridized carbons (Fsp3) is 0.615. The van der Waals surface area contributed by atoms with Gasteiger partial charge < -0.3 is 34.5 Å². The second-order valence-corrected chi connectivity index (χ2v) is 5.32. The van der Waals surface area contributed by atoms with Crippen LogP contribution in [0.15, 0.2) is 11.1 Å². The molecule has 11 heteroatoms. The van der Waals surface area contributed by atoms with Crippen molar-refractivity contribution in [2.24, 2.45) is 0 Å². The first-order valence-corrected chi connectivity index (χ1v) is 7.21. The number of nitrogens with one attached hydrogen (secondary N) is 1. The monoisotopic (exact) mass is 342 g/mol. The molecule has 3 heterocycles. The Morgan fingerprint density at radius 2 is 2.21 bits per heavy atom. The van der Waals surface area contributed by atoms with Crippen molar-refractivity contribution in [2.45, 2.75) is 31.1 Å². The number of methoxy groups -OCH3 is 1. The molecule has 1 saturated heterocycles. The lowest BCUT2D eigenvalue weighted by molar-refractivity contribution is -0.0512. The molecule has 0 radical (unpaired) electrons. The van der Waals surface area contributed by atoms with Gasteiger partial charge in [0.05, 0.1) is 12.9 Å². The highest BCUT2D eigenvalue weighted by atomic mass is 16.7. The molecular formula is C13H18N4O7. The van der Waals surface area contributed by atoms with Crippen molar-refractivity contribution in [3.63, 3.8) is 0 Å². The number of hydrogen-bond donors (Lipinski definition) is 4. The van der Waals surface area contributed by atoms with Crippen LogP contribution in [0.1, 0.15) is 12.1 Å². The lowest BCUT2D eigenvalue weighted by Gasteiger charge is -2.16. The zero-order chi connectivity index (χ0) is 17.3. The summed E-state index contributed by atoms with van der Waals surface area (Å²) in [4.78, 5) is 22.8. The summed E-state index contributed by atoms with van der Waals surface area (Å²) in [7, 11) is 1.47. The van der Waals surface area contributed by atoms with Crippen LogP contribution in [0.3, 0.4) is 0 Å². The average Bonchev–Trinajstić information content (AvgIpc) is 3.10. The second-order valence-electron chi connectivity index (χ2n) is 5.32. The number of hydrogen-bond acceptors (Lipinski definition) is 9. The van der Waals surface area contributed by atoms with Gasteiger partial charge in [-0.25, -0.2) is 9.97 Å². The standard InChI is InChI=1S/C13H18N4O7/c1-22-5-23-3-7-15-11-8(12(21)16-7)14-4-17(11)13-10(20)9(19)6(2-18)24-13/h4,6,9-10,13,18-20H,2-3,5H2,1H3,(H,15,16,21)/t6-,9-,10-,13-/m0/s1. The molecule has 11 nitrogen and oxygen atoms in total. The Labute approximate surface area is 135 Å². The van der Waals surface area contributed by atoms with Crippen LogP contribution >= 0.6 is 0 Å². The zero-order valence-electron chi connectivity index (χ0n) is 12.8. The first-order valence-electron chi connectivity index (χ1n) is 7.21. The number of ether oxygens (including phenoxy) is 3. The third-order valence-electron chi connectivity index (χ3n) is 3.71. The molecule has 132 valence electrons. The third kappa shape index (κ3) is 2.92. The van der Waals surface area contributed by atoms with Crippen molar-refractivity contribution < 1.29 is 29.5 Å². The smallest absolute Gasteiger partial charge is 0.279 e. The van der Waals surface area contributed by atoms with E-state index in [1.165, 1.54) is 18.0 Å². The first kappa shape index (κ1) is 17.0. The van der Waals surface area contributed by atoms with Crippen molar-refractivity contribution >= 4 is 11.2 Å². The number of aromatic nitrogens is 4. The molecule has 1 aliphatic heterocycles. The van der Waals surface area contributed by atoms with Crippen molar-refractivity contribution in [1.29, 1.82) is 0 Å². The third-order valence-corrected chi connectivity index (χ3v) is 3.71. The molecule has 0 bridgehead atoms. The summed E-state index contributed by atoms with van der Waals surface area (Å²) >= 11 is 0. The molecule has 0 saturated carbocycles. The van der Waals surface area contributed by atoms with Crippen LogP contribution in [0.25, 0.3) is 11.2 Å². The molecule has 2 aromatic rings. The number of aliphatic hydroxyl groups excluding tert-OH is 3. The fourth-order valence-electron chi connectivity index (χ4n) is 2.56. The maximum absolute atomic E-state index is 12.1. The molecule has 4 atom stereocenters. The number of fused-ring (bicyclic) bond motifs is 1. The van der Waals surface area contributed by atoms with Crippen molar-refractivity contribution in [2.75, 3.05) is 20.5 Å². The first-order chi connectivity index (χ1) is 11.6. The minimum absolute atomic E-state index is 0.0141. The SMILES string of the molecule is COCOCc1nc2c(ncn2[C@H]2O[C@@H](CO)[C@H](O)[C@@H]2O)c(=O)[nH]1. The van der Waals surface area contributed by atoms with Gasteiger partial charge in [0.15, 0.2) is 17.4 Å². The highest BCUT2D eigenvalue weighted by molar-refractivity contribution is 5.69. The van der Waals surface area contributed by atoms with Gasteiger partial charge in [0, 0.05) is 7.11 Å². The molecule has 0 aliphatic carbocycles. The maximum atomic E-state index is 12.1. The molecule has 3 rings (SSSR count). The average molecular weight is 342 g/mol. The predicted molar refractivity (Wildman–Crippen MR) is 77.8 cm³/mol. The summed E-state index contributed by atoms with van der Waals surface area (Å²) < 4.78 is 16.7. The van der Waals surface area contributed by atoms with Gasteiger partial charge in [0.1, 0.15) is 37.5 Å². The number of aliphatic hydroxyl groups is 3. The van der Waals surface area contributed by atoms with Crippen LogP contribution in [-0.4, -0.2) is 73.7 Å². The molecule has 0 unspecified atom stereocenters. The molecule has 4 N–H and O–H groups in total. The van der Waals surface area contributed by atoms with Crippen LogP contribution in [0.4, 0.5) is 0 Å². The van der Waals surface area contributed by atoms with Gasteiger partial charge in [0.25, 0.3) is 5.56 Å². The van der Waals surface area contributed by atoms with Gasteiger partial charge in [-0.1, -0.05) is 0 Å². The Bertz CT molecular complexity index is 760. The Hall–Kier alpha value is -1.89. The molecule has 24 heavy (non-hydrogen) atoms. The molecule has 0 amide bonds. The van der Waals surface area contributed by atoms with Gasteiger partial charge in [-0.05, 0) is 0 Å². The number of rotatable bonds is 6. The number of nitrogens with zero attached hydrogens (tertiary/aromatic N) is 3. The molecule has 0 aromatic carbocycles. The summed E-state index contributed by atoms with van der Waals surface area (Å²) in [6.07, 6.45) is -3.23. The fourth-order valence-corrected chi connectivity index (χ4v) is 2.56. The van der Waals surface area contributed by atoms with E-state index in [0.717, 1.165) is 0 Å². The normalized spacial score (nSPS) is 27.2. The van der Waals surface area contributed by atoms with Crippen LogP contribution in [-0.2, 0) is 20.8 Å². The number of H-pyrrole nitrogens is 1. The summed E-state index contributed by atoms with van der Waals surface area (Å²) in [6.45, 7) is -0.401. The van der Waals surface area contributed by atoms with Crippen LogP contribution < -0.4 is 5.56 Å². The quantitative estimate of drug-likeness (QED) is 0.340. The van der Waals surface area contributed by atoms with E-state index >= 15 is 0 Å². The summed E-state index contributed by atoms with van der Waals surface area (Å²) in [5.41, 5.74) is -0.241. The van der Waals surface area contributed by atoms with Gasteiger partial charge in [0.2, 0.25) is 0 Å². The van der Waals surface area contributed by atoms with Crippen molar-refractivity contribution in [3.05, 3.63) is 22.5 Å². The van der Waals surface area contributed by atoms with E-state index in [2.05, 4.69) is 15.0 Å². The van der Waals surface area contributed by atoms with Crippen molar-refractivity contribution in [3.8, 4) is 0 Å². The van der Waals surface area contributed by atoms with E-state index in [1.54, 1.807) is 0 Å². The lowest BCUT2D eigenvalue weighted by Crippen LogP contribution is -2.33. The van der Waals surface area contributed by atoms with E-state index in [1.807, 2.05) is 0 Å². The van der Waals surface area contributed by atoms with E-state index in [-0.39, 0.29) is 30.4 Å². The van der Waals surface area contributed by atoms with Gasteiger partial charge in [-0.15, -0.1) is 0 Å². The van der Waals surface area contributed by atoms with Crippen LogP contribution in [0.2, 0.25) is 0 Å². The zero-order valence-corrected chi connectivity index (χ0v) is 12.8. The van der Waals surface area contributed by atoms with E-state index < -0.39 is 36.7 Å². The predicted octanol–water partition coefficient (Wildman–Crippen LogP) is -2.15. The Balaban J connectivity index is 1.95. The van der Waals surface area contributed by atoms with Gasteiger partial charge in [-0.3, -0.25) is 9.36 Å². The largest absolute Gasteiger partial charge is 0.394 e. The van der Waals surface area contributed by atoms with Crippen LogP contribution in [0, 0.1) is 0 Å². The molecule has 1 aliphatic rings. The van der Waals surface area contributed by atoms with Crippen molar-refractivity contribution in [1.82, 2.24) is 19.5 Å². The number of imidazole rings is 1.